The van der Waals surface area contributed by atoms with E-state index in [-0.39, 0.29) is 47.5 Å². The lowest BCUT2D eigenvalue weighted by atomic mass is 9.96. The number of aromatic carboxylic acids is 1. The maximum Gasteiger partial charge on any atom is 0.343 e. The number of hydrogen-bond donors (Lipinski definition) is 4. The molecule has 0 aliphatic carbocycles. The van der Waals surface area contributed by atoms with E-state index in [9.17, 15) is 34.5 Å². The van der Waals surface area contributed by atoms with E-state index >= 15 is 0 Å². The van der Waals surface area contributed by atoms with Crippen molar-refractivity contribution in [2.24, 2.45) is 0 Å². The SMILES string of the molecule is O=C(O)CCc1ccccc1Cc1c(O)c2ccccc2oc1=O.O=C(O)c1ccccc1Cc1c(O)c2ccccc2oc1=O. The van der Waals surface area contributed by atoms with Crippen molar-refractivity contribution in [3.63, 3.8) is 0 Å². The van der Waals surface area contributed by atoms with Crippen LogP contribution in [0.2, 0.25) is 0 Å². The first-order valence-corrected chi connectivity index (χ1v) is 14.2. The lowest BCUT2D eigenvalue weighted by Crippen LogP contribution is -2.11. The lowest BCUT2D eigenvalue weighted by molar-refractivity contribution is -0.136. The van der Waals surface area contributed by atoms with Gasteiger partial charge in [0.25, 0.3) is 0 Å². The van der Waals surface area contributed by atoms with Gasteiger partial charge in [0.2, 0.25) is 0 Å². The van der Waals surface area contributed by atoms with E-state index in [1.54, 1.807) is 66.7 Å². The molecular formula is C36H28O10. The third kappa shape index (κ3) is 6.81. The number of rotatable bonds is 8. The van der Waals surface area contributed by atoms with Gasteiger partial charge in [-0.1, -0.05) is 66.7 Å². The average Bonchev–Trinajstić information content (AvgIpc) is 3.05. The van der Waals surface area contributed by atoms with Crippen molar-refractivity contribution in [3.8, 4) is 11.5 Å². The van der Waals surface area contributed by atoms with E-state index in [2.05, 4.69) is 0 Å². The van der Waals surface area contributed by atoms with E-state index < -0.39 is 23.2 Å². The Morgan fingerprint density at radius 1 is 0.565 bits per heavy atom. The smallest absolute Gasteiger partial charge is 0.343 e. The molecule has 0 aliphatic heterocycles. The summed E-state index contributed by atoms with van der Waals surface area (Å²) >= 11 is 0. The summed E-state index contributed by atoms with van der Waals surface area (Å²) in [6.45, 7) is 0. The molecule has 2 aromatic heterocycles. The molecule has 0 aliphatic rings. The molecule has 0 unspecified atom stereocenters. The molecule has 4 aromatic carbocycles. The fourth-order valence-corrected chi connectivity index (χ4v) is 5.14. The first-order chi connectivity index (χ1) is 22.1. The van der Waals surface area contributed by atoms with Crippen LogP contribution in [0, 0.1) is 0 Å². The van der Waals surface area contributed by atoms with Gasteiger partial charge in [0.1, 0.15) is 22.7 Å². The Bertz CT molecular complexity index is 2190. The molecule has 0 fully saturated rings. The Morgan fingerprint density at radius 2 is 1.00 bits per heavy atom. The van der Waals surface area contributed by atoms with Gasteiger partial charge in [0.15, 0.2) is 0 Å². The summed E-state index contributed by atoms with van der Waals surface area (Å²) in [5, 5.41) is 39.7. The van der Waals surface area contributed by atoms with Crippen molar-refractivity contribution in [1.82, 2.24) is 0 Å². The van der Waals surface area contributed by atoms with Crippen LogP contribution in [-0.2, 0) is 24.1 Å². The van der Waals surface area contributed by atoms with Gasteiger partial charge in [-0.3, -0.25) is 4.79 Å². The van der Waals surface area contributed by atoms with Gasteiger partial charge in [-0.2, -0.15) is 0 Å². The van der Waals surface area contributed by atoms with Crippen molar-refractivity contribution < 1.29 is 38.8 Å². The second kappa shape index (κ2) is 13.6. The quantitative estimate of drug-likeness (QED) is 0.150. The zero-order valence-corrected chi connectivity index (χ0v) is 24.3. The minimum atomic E-state index is -1.08. The van der Waals surface area contributed by atoms with Crippen LogP contribution < -0.4 is 11.3 Å². The molecule has 6 rings (SSSR count). The normalized spacial score (nSPS) is 10.8. The Balaban J connectivity index is 0.000000182. The van der Waals surface area contributed by atoms with Crippen LogP contribution in [0.1, 0.15) is 44.6 Å². The Hall–Kier alpha value is -6.16. The Kier molecular flexibility index (Phi) is 9.28. The number of carboxylic acid groups (broad SMARTS) is 2. The standard InChI is InChI=1S/C19H16O5.C17H12O5/c20-17(21)10-9-12-5-1-2-6-13(12)11-15-18(22)14-7-3-4-8-16(14)24-19(15)23;18-15-12-7-3-4-8-14(12)22-17(21)13(15)9-10-5-1-2-6-11(10)16(19)20/h1-8,22H,9-11H2,(H,20,21);1-8,18H,9H2,(H,19,20). The molecule has 46 heavy (non-hydrogen) atoms. The third-order valence-corrected chi connectivity index (χ3v) is 7.46. The van der Waals surface area contributed by atoms with E-state index in [0.717, 1.165) is 11.1 Å². The van der Waals surface area contributed by atoms with E-state index in [4.69, 9.17) is 13.9 Å². The molecule has 10 heteroatoms. The van der Waals surface area contributed by atoms with Crippen molar-refractivity contribution >= 4 is 33.9 Å². The molecule has 0 amide bonds. The minimum Gasteiger partial charge on any atom is -0.507 e. The highest BCUT2D eigenvalue weighted by Crippen LogP contribution is 2.29. The molecule has 0 bridgehead atoms. The summed E-state index contributed by atoms with van der Waals surface area (Å²) in [7, 11) is 0. The molecule has 6 aromatic rings. The molecule has 2 heterocycles. The van der Waals surface area contributed by atoms with E-state index in [0.29, 0.717) is 33.9 Å². The molecule has 4 N–H and O–H groups in total. The summed E-state index contributed by atoms with van der Waals surface area (Å²) in [5.74, 6) is -2.22. The molecule has 0 saturated heterocycles. The van der Waals surface area contributed by atoms with Gasteiger partial charge in [-0.15, -0.1) is 0 Å². The molecule has 232 valence electrons. The molecular weight excluding hydrogens is 592 g/mol. The van der Waals surface area contributed by atoms with Crippen LogP contribution in [0.15, 0.2) is 115 Å². The second-order valence-corrected chi connectivity index (χ2v) is 10.4. The van der Waals surface area contributed by atoms with Gasteiger partial charge >= 0.3 is 23.2 Å². The number of aromatic hydroxyl groups is 2. The van der Waals surface area contributed by atoms with E-state index in [1.807, 2.05) is 24.3 Å². The number of aliphatic carboxylic acids is 1. The maximum absolute atomic E-state index is 12.2. The van der Waals surface area contributed by atoms with Crippen LogP contribution in [0.5, 0.6) is 11.5 Å². The van der Waals surface area contributed by atoms with Gasteiger partial charge < -0.3 is 29.3 Å². The number of aryl methyl sites for hydroxylation is 1. The van der Waals surface area contributed by atoms with Crippen LogP contribution in [-0.4, -0.2) is 32.4 Å². The number of fused-ring (bicyclic) bond motifs is 2. The third-order valence-electron chi connectivity index (χ3n) is 7.46. The highest BCUT2D eigenvalue weighted by molar-refractivity contribution is 5.90. The molecule has 0 spiro atoms. The fourth-order valence-electron chi connectivity index (χ4n) is 5.14. The first-order valence-electron chi connectivity index (χ1n) is 14.2. The summed E-state index contributed by atoms with van der Waals surface area (Å²) < 4.78 is 10.5. The topological polar surface area (TPSA) is 175 Å². The van der Waals surface area contributed by atoms with Gasteiger partial charge in [0.05, 0.1) is 27.5 Å². The summed E-state index contributed by atoms with van der Waals surface area (Å²) in [6.07, 6.45) is 0.552. The monoisotopic (exact) mass is 620 g/mol. The number of benzene rings is 4. The zero-order valence-electron chi connectivity index (χ0n) is 24.3. The lowest BCUT2D eigenvalue weighted by Gasteiger charge is -2.10. The van der Waals surface area contributed by atoms with Crippen molar-refractivity contribution in [1.29, 1.82) is 0 Å². The number of carboxylic acids is 2. The van der Waals surface area contributed by atoms with E-state index in [1.165, 1.54) is 6.07 Å². The number of para-hydroxylation sites is 2. The van der Waals surface area contributed by atoms with Crippen molar-refractivity contribution in [3.05, 3.63) is 151 Å². The highest BCUT2D eigenvalue weighted by Gasteiger charge is 2.18. The first kappa shape index (κ1) is 31.3. The fraction of sp³-hybridized carbons (Fsp3) is 0.111. The Morgan fingerprint density at radius 3 is 1.52 bits per heavy atom. The van der Waals surface area contributed by atoms with Gasteiger partial charge in [-0.05, 0) is 53.4 Å². The molecule has 10 nitrogen and oxygen atoms in total. The van der Waals surface area contributed by atoms with Crippen LogP contribution in [0.4, 0.5) is 0 Å². The summed E-state index contributed by atoms with van der Waals surface area (Å²) in [4.78, 5) is 46.3. The Labute approximate surface area is 261 Å². The maximum atomic E-state index is 12.2. The molecule has 0 saturated carbocycles. The molecule has 0 radical (unpaired) electrons. The number of hydrogen-bond acceptors (Lipinski definition) is 8. The average molecular weight is 621 g/mol. The number of carbonyl (C=O) groups is 2. The summed E-state index contributed by atoms with van der Waals surface area (Å²) in [6, 6.07) is 27.1. The largest absolute Gasteiger partial charge is 0.507 e. The highest BCUT2D eigenvalue weighted by atomic mass is 16.4. The van der Waals surface area contributed by atoms with Crippen LogP contribution >= 0.6 is 0 Å². The van der Waals surface area contributed by atoms with Gasteiger partial charge in [-0.25, -0.2) is 14.4 Å². The summed E-state index contributed by atoms with van der Waals surface area (Å²) in [5.41, 5.74) is 1.77. The van der Waals surface area contributed by atoms with Crippen molar-refractivity contribution in [2.45, 2.75) is 25.7 Å². The predicted octanol–water partition coefficient (Wildman–Crippen LogP) is 5.89. The zero-order chi connectivity index (χ0) is 32.8. The van der Waals surface area contributed by atoms with Crippen LogP contribution in [0.25, 0.3) is 21.9 Å². The van der Waals surface area contributed by atoms with Gasteiger partial charge in [0, 0.05) is 19.3 Å². The second-order valence-electron chi connectivity index (χ2n) is 10.4. The predicted molar refractivity (Wildman–Crippen MR) is 170 cm³/mol. The molecule has 0 atom stereocenters. The minimum absolute atomic E-state index is 0.00925. The van der Waals surface area contributed by atoms with Crippen LogP contribution in [0.3, 0.4) is 0 Å². The van der Waals surface area contributed by atoms with Crippen molar-refractivity contribution in [2.75, 3.05) is 0 Å².